The van der Waals surface area contributed by atoms with Crippen molar-refractivity contribution in [3.05, 3.63) is 35.2 Å². The molecule has 5 heteroatoms. The summed E-state index contributed by atoms with van der Waals surface area (Å²) in [6.45, 7) is 3.58. The molecule has 0 saturated heterocycles. The van der Waals surface area contributed by atoms with Crippen LogP contribution in [-0.4, -0.2) is 27.6 Å². The molecule has 0 bridgehead atoms. The van der Waals surface area contributed by atoms with Gasteiger partial charge in [0.05, 0.1) is 5.69 Å². The molecule has 1 atom stereocenters. The third-order valence-corrected chi connectivity index (χ3v) is 2.98. The number of hydrogen-bond donors (Lipinski definition) is 2. The Bertz CT molecular complexity index is 497. The van der Waals surface area contributed by atoms with Crippen LogP contribution in [0.5, 0.6) is 0 Å². The number of fused-ring (bicyclic) bond motifs is 1. The number of aliphatic hydroxyl groups is 1. The second-order valence-electron chi connectivity index (χ2n) is 4.20. The number of pyridine rings is 1. The second-order valence-corrected chi connectivity index (χ2v) is 4.55. The Labute approximate surface area is 105 Å². The molecule has 0 aliphatic rings. The monoisotopic (exact) mass is 253 g/mol. The molecule has 0 aliphatic carbocycles. The van der Waals surface area contributed by atoms with E-state index in [1.165, 1.54) is 0 Å². The quantitative estimate of drug-likeness (QED) is 0.853. The first kappa shape index (κ1) is 12.4. The summed E-state index contributed by atoms with van der Waals surface area (Å²) in [6.07, 6.45) is 1.95. The molecule has 0 saturated carbocycles. The molecule has 2 aromatic heterocycles. The van der Waals surface area contributed by atoms with Gasteiger partial charge in [0, 0.05) is 25.9 Å². The van der Waals surface area contributed by atoms with Crippen LogP contribution in [0.4, 0.5) is 0 Å². The lowest BCUT2D eigenvalue weighted by molar-refractivity contribution is 0.233. The number of imidazole rings is 1. The van der Waals surface area contributed by atoms with Gasteiger partial charge in [-0.05, 0) is 18.1 Å². The zero-order chi connectivity index (χ0) is 12.3. The number of nitrogens with zero attached hydrogens (tertiary/aromatic N) is 2. The number of halogens is 1. The van der Waals surface area contributed by atoms with Crippen LogP contribution in [0.1, 0.15) is 12.6 Å². The fourth-order valence-electron chi connectivity index (χ4n) is 1.68. The van der Waals surface area contributed by atoms with Gasteiger partial charge in [-0.3, -0.25) is 0 Å². The van der Waals surface area contributed by atoms with E-state index in [1.807, 2.05) is 35.7 Å². The molecule has 2 aromatic rings. The summed E-state index contributed by atoms with van der Waals surface area (Å²) in [5.41, 5.74) is 1.80. The highest BCUT2D eigenvalue weighted by Crippen LogP contribution is 2.17. The molecule has 92 valence electrons. The van der Waals surface area contributed by atoms with E-state index in [9.17, 15) is 0 Å². The average Bonchev–Trinajstić information content (AvgIpc) is 2.66. The molecule has 0 amide bonds. The lowest BCUT2D eigenvalue weighted by atomic mass is 10.2. The molecule has 2 N–H and O–H groups in total. The molecule has 0 radical (unpaired) electrons. The van der Waals surface area contributed by atoms with E-state index in [1.54, 1.807) is 0 Å². The summed E-state index contributed by atoms with van der Waals surface area (Å²) in [6, 6.07) is 5.81. The topological polar surface area (TPSA) is 49.6 Å². The first-order valence-corrected chi connectivity index (χ1v) is 6.03. The van der Waals surface area contributed by atoms with Crippen molar-refractivity contribution in [2.24, 2.45) is 5.92 Å². The Kier molecular flexibility index (Phi) is 3.99. The van der Waals surface area contributed by atoms with Gasteiger partial charge >= 0.3 is 0 Å². The lowest BCUT2D eigenvalue weighted by Crippen LogP contribution is -2.23. The molecular formula is C12H16ClN3O. The fourth-order valence-corrected chi connectivity index (χ4v) is 1.92. The number of aromatic nitrogens is 2. The number of aliphatic hydroxyl groups excluding tert-OH is 1. The molecule has 0 fully saturated rings. The van der Waals surface area contributed by atoms with Gasteiger partial charge in [0.25, 0.3) is 0 Å². The van der Waals surface area contributed by atoms with Gasteiger partial charge in [-0.25, -0.2) is 4.98 Å². The van der Waals surface area contributed by atoms with Gasteiger partial charge in [0.2, 0.25) is 0 Å². The highest BCUT2D eigenvalue weighted by atomic mass is 35.5. The zero-order valence-corrected chi connectivity index (χ0v) is 10.5. The van der Waals surface area contributed by atoms with Crippen LogP contribution in [0.2, 0.25) is 5.15 Å². The van der Waals surface area contributed by atoms with Crippen LogP contribution in [0.15, 0.2) is 24.4 Å². The Morgan fingerprint density at radius 3 is 3.12 bits per heavy atom. The van der Waals surface area contributed by atoms with Crippen molar-refractivity contribution in [3.8, 4) is 0 Å². The standard InChI is InChI=1S/C12H16ClN3O/c1-9(8-17)6-14-7-10-12(13)15-11-4-2-3-5-16(10)11/h2-5,9,14,17H,6-8H2,1H3. The van der Waals surface area contributed by atoms with Gasteiger partial charge in [-0.2, -0.15) is 0 Å². The molecule has 0 spiro atoms. The summed E-state index contributed by atoms with van der Waals surface area (Å²) in [5, 5.41) is 12.7. The fraction of sp³-hybridized carbons (Fsp3) is 0.417. The normalized spacial score (nSPS) is 13.1. The molecule has 4 nitrogen and oxygen atoms in total. The second kappa shape index (κ2) is 5.49. The molecule has 0 aromatic carbocycles. The summed E-state index contributed by atoms with van der Waals surface area (Å²) < 4.78 is 1.97. The summed E-state index contributed by atoms with van der Waals surface area (Å²) >= 11 is 6.10. The van der Waals surface area contributed by atoms with Crippen molar-refractivity contribution < 1.29 is 5.11 Å². The molecule has 1 unspecified atom stereocenters. The van der Waals surface area contributed by atoms with Crippen molar-refractivity contribution in [2.75, 3.05) is 13.2 Å². The predicted octanol–water partition coefficient (Wildman–Crippen LogP) is 1.71. The Morgan fingerprint density at radius 1 is 1.53 bits per heavy atom. The first-order valence-electron chi connectivity index (χ1n) is 5.65. The van der Waals surface area contributed by atoms with Gasteiger partial charge in [0.1, 0.15) is 5.65 Å². The minimum Gasteiger partial charge on any atom is -0.396 e. The van der Waals surface area contributed by atoms with Gasteiger partial charge in [0.15, 0.2) is 5.15 Å². The third-order valence-electron chi connectivity index (χ3n) is 2.68. The Balaban J connectivity index is 2.10. The van der Waals surface area contributed by atoms with E-state index in [0.29, 0.717) is 11.7 Å². The smallest absolute Gasteiger partial charge is 0.152 e. The number of hydrogen-bond acceptors (Lipinski definition) is 3. The van der Waals surface area contributed by atoms with Crippen LogP contribution in [-0.2, 0) is 6.54 Å². The van der Waals surface area contributed by atoms with Crippen LogP contribution in [0.25, 0.3) is 5.65 Å². The average molecular weight is 254 g/mol. The summed E-state index contributed by atoms with van der Waals surface area (Å²) in [7, 11) is 0. The maximum Gasteiger partial charge on any atom is 0.152 e. The zero-order valence-electron chi connectivity index (χ0n) is 9.73. The lowest BCUT2D eigenvalue weighted by Gasteiger charge is -2.09. The minimum absolute atomic E-state index is 0.188. The molecule has 2 rings (SSSR count). The largest absolute Gasteiger partial charge is 0.396 e. The van der Waals surface area contributed by atoms with Crippen molar-refractivity contribution in [1.82, 2.24) is 14.7 Å². The maximum absolute atomic E-state index is 8.93. The van der Waals surface area contributed by atoms with E-state index < -0.39 is 0 Å². The summed E-state index contributed by atoms with van der Waals surface area (Å²) in [4.78, 5) is 4.27. The molecule has 0 aliphatic heterocycles. The number of nitrogens with one attached hydrogen (secondary N) is 1. The minimum atomic E-state index is 0.188. The molecule has 17 heavy (non-hydrogen) atoms. The highest BCUT2D eigenvalue weighted by molar-refractivity contribution is 6.30. The van der Waals surface area contributed by atoms with Crippen molar-refractivity contribution in [3.63, 3.8) is 0 Å². The van der Waals surface area contributed by atoms with E-state index in [4.69, 9.17) is 16.7 Å². The SMILES string of the molecule is CC(CO)CNCc1c(Cl)nc2ccccn12. The van der Waals surface area contributed by atoms with Crippen LogP contribution >= 0.6 is 11.6 Å². The molecular weight excluding hydrogens is 238 g/mol. The highest BCUT2D eigenvalue weighted by Gasteiger charge is 2.09. The Morgan fingerprint density at radius 2 is 2.35 bits per heavy atom. The predicted molar refractivity (Wildman–Crippen MR) is 68.2 cm³/mol. The van der Waals surface area contributed by atoms with E-state index in [0.717, 1.165) is 17.9 Å². The maximum atomic E-state index is 8.93. The van der Waals surface area contributed by atoms with E-state index in [-0.39, 0.29) is 12.5 Å². The number of rotatable bonds is 5. The van der Waals surface area contributed by atoms with Gasteiger partial charge in [-0.15, -0.1) is 0 Å². The van der Waals surface area contributed by atoms with Crippen molar-refractivity contribution in [1.29, 1.82) is 0 Å². The Hall–Kier alpha value is -1.10. The van der Waals surface area contributed by atoms with Crippen LogP contribution in [0, 0.1) is 5.92 Å². The van der Waals surface area contributed by atoms with E-state index in [2.05, 4.69) is 10.3 Å². The van der Waals surface area contributed by atoms with Gasteiger partial charge in [-0.1, -0.05) is 24.6 Å². The van der Waals surface area contributed by atoms with Crippen LogP contribution in [0.3, 0.4) is 0 Å². The van der Waals surface area contributed by atoms with Crippen LogP contribution < -0.4 is 5.32 Å². The molecule has 2 heterocycles. The van der Waals surface area contributed by atoms with Crippen molar-refractivity contribution >= 4 is 17.2 Å². The third kappa shape index (κ3) is 2.77. The van der Waals surface area contributed by atoms with E-state index >= 15 is 0 Å². The van der Waals surface area contributed by atoms with Gasteiger partial charge < -0.3 is 14.8 Å². The first-order chi connectivity index (χ1) is 8.22. The van der Waals surface area contributed by atoms with Crippen molar-refractivity contribution in [2.45, 2.75) is 13.5 Å². The summed E-state index contributed by atoms with van der Waals surface area (Å²) in [5.74, 6) is 0.243.